The molecule has 0 spiro atoms. The maximum atomic E-state index is 5.85. The van der Waals surface area contributed by atoms with Crippen LogP contribution in [-0.2, 0) is 5.41 Å². The van der Waals surface area contributed by atoms with Crippen LogP contribution in [0.1, 0.15) is 32.8 Å². The van der Waals surface area contributed by atoms with Crippen molar-refractivity contribution in [2.24, 2.45) is 10.7 Å². The molecule has 2 rings (SSSR count). The molecule has 1 heterocycles. The first kappa shape index (κ1) is 18.9. The molecule has 5 nitrogen and oxygen atoms in total. The van der Waals surface area contributed by atoms with E-state index in [0.29, 0.717) is 25.7 Å². The topological polar surface area (TPSA) is 68.9 Å². The zero-order valence-corrected chi connectivity index (χ0v) is 15.8. The summed E-state index contributed by atoms with van der Waals surface area (Å²) in [6.45, 7) is 9.07. The summed E-state index contributed by atoms with van der Waals surface area (Å²) in [6.07, 6.45) is 1.03. The van der Waals surface area contributed by atoms with Gasteiger partial charge in [-0.05, 0) is 24.1 Å². The number of nitrogens with two attached hydrogens (primary N) is 1. The Hall–Kier alpha value is -1.18. The Balaban J connectivity index is 0.00000242. The molecule has 0 radical (unpaired) electrons. The molecule has 0 atom stereocenters. The highest BCUT2D eigenvalue weighted by atomic mass is 127. The molecular weight excluding hydrogens is 393 g/mol. The van der Waals surface area contributed by atoms with E-state index in [2.05, 4.69) is 37.1 Å². The van der Waals surface area contributed by atoms with Crippen LogP contribution in [0.15, 0.2) is 23.2 Å². The smallest absolute Gasteiger partial charge is 0.188 e. The van der Waals surface area contributed by atoms with Crippen molar-refractivity contribution < 1.29 is 9.47 Å². The van der Waals surface area contributed by atoms with E-state index in [-0.39, 0.29) is 29.4 Å². The van der Waals surface area contributed by atoms with Gasteiger partial charge < -0.3 is 20.5 Å². The van der Waals surface area contributed by atoms with E-state index in [9.17, 15) is 0 Å². The summed E-state index contributed by atoms with van der Waals surface area (Å²) in [5.74, 6) is 2.13. The molecule has 6 heteroatoms. The fourth-order valence-electron chi connectivity index (χ4n) is 2.15. The predicted octanol–water partition coefficient (Wildman–Crippen LogP) is 2.67. The quantitative estimate of drug-likeness (QED) is 0.438. The minimum atomic E-state index is -0.117. The Morgan fingerprint density at radius 1 is 1.27 bits per heavy atom. The maximum absolute atomic E-state index is 5.85. The summed E-state index contributed by atoms with van der Waals surface area (Å²) in [4.78, 5) is 4.43. The van der Waals surface area contributed by atoms with Crippen molar-refractivity contribution >= 4 is 29.9 Å². The van der Waals surface area contributed by atoms with Crippen LogP contribution in [0.25, 0.3) is 0 Å². The molecular formula is C16H26IN3O2. The van der Waals surface area contributed by atoms with E-state index >= 15 is 0 Å². The van der Waals surface area contributed by atoms with Crippen LogP contribution < -0.4 is 20.5 Å². The van der Waals surface area contributed by atoms with Crippen LogP contribution in [0, 0.1) is 0 Å². The van der Waals surface area contributed by atoms with Gasteiger partial charge in [-0.3, -0.25) is 4.99 Å². The lowest BCUT2D eigenvalue weighted by Crippen LogP contribution is -2.34. The summed E-state index contributed by atoms with van der Waals surface area (Å²) in [7, 11) is 0. The number of nitrogens with zero attached hydrogens (tertiary/aromatic N) is 1. The summed E-state index contributed by atoms with van der Waals surface area (Å²) in [5, 5.41) is 3.09. The van der Waals surface area contributed by atoms with Gasteiger partial charge in [0.15, 0.2) is 17.5 Å². The van der Waals surface area contributed by atoms with Gasteiger partial charge in [0.05, 0.1) is 6.54 Å². The van der Waals surface area contributed by atoms with Crippen LogP contribution in [0.2, 0.25) is 0 Å². The van der Waals surface area contributed by atoms with E-state index in [4.69, 9.17) is 15.2 Å². The third-order valence-corrected chi connectivity index (χ3v) is 3.52. The van der Waals surface area contributed by atoms with Gasteiger partial charge in [-0.25, -0.2) is 0 Å². The zero-order chi connectivity index (χ0) is 15.3. The largest absolute Gasteiger partial charge is 0.486 e. The van der Waals surface area contributed by atoms with Gasteiger partial charge in [0.2, 0.25) is 0 Å². The van der Waals surface area contributed by atoms with Gasteiger partial charge in [0.1, 0.15) is 13.2 Å². The molecule has 0 bridgehead atoms. The minimum absolute atomic E-state index is 0. The van der Waals surface area contributed by atoms with Gasteiger partial charge in [0, 0.05) is 12.0 Å². The average Bonchev–Trinajstić information content (AvgIpc) is 2.50. The van der Waals surface area contributed by atoms with Crippen molar-refractivity contribution in [3.63, 3.8) is 0 Å². The first-order chi connectivity index (χ1) is 10.0. The molecule has 0 unspecified atom stereocenters. The number of aliphatic imine (C=N–C) groups is 1. The van der Waals surface area contributed by atoms with Crippen LogP contribution >= 0.6 is 24.0 Å². The monoisotopic (exact) mass is 419 g/mol. The molecule has 1 aromatic rings. The summed E-state index contributed by atoms with van der Waals surface area (Å²) in [6, 6.07) is 6.08. The molecule has 1 aromatic carbocycles. The highest BCUT2D eigenvalue weighted by molar-refractivity contribution is 14.0. The Bertz CT molecular complexity index is 518. The number of hydrogen-bond acceptors (Lipinski definition) is 3. The molecule has 1 aliphatic rings. The molecule has 0 aliphatic carbocycles. The number of hydrogen-bond donors (Lipinski definition) is 2. The Labute approximate surface area is 149 Å². The average molecular weight is 419 g/mol. The number of fused-ring (bicyclic) bond motifs is 1. The molecule has 0 aromatic heterocycles. The van der Waals surface area contributed by atoms with Crippen LogP contribution in [0.5, 0.6) is 11.5 Å². The van der Waals surface area contributed by atoms with E-state index in [0.717, 1.165) is 24.5 Å². The highest BCUT2D eigenvalue weighted by Crippen LogP contribution is 2.35. The standard InChI is InChI=1S/C16H25N3O2.HI/c1-4-7-18-15(17)19-11-16(2,3)12-5-6-13-14(10-12)21-9-8-20-13;/h5-6,10H,4,7-9,11H2,1-3H3,(H3,17,18,19);1H. The van der Waals surface area contributed by atoms with E-state index in [1.54, 1.807) is 0 Å². The van der Waals surface area contributed by atoms with Crippen molar-refractivity contribution in [2.75, 3.05) is 26.3 Å². The van der Waals surface area contributed by atoms with E-state index in [1.807, 2.05) is 12.1 Å². The predicted molar refractivity (Wildman–Crippen MR) is 101 cm³/mol. The number of guanidine groups is 1. The summed E-state index contributed by atoms with van der Waals surface area (Å²) >= 11 is 0. The van der Waals surface area contributed by atoms with Gasteiger partial charge in [0.25, 0.3) is 0 Å². The molecule has 0 amide bonds. The van der Waals surface area contributed by atoms with Crippen molar-refractivity contribution in [3.8, 4) is 11.5 Å². The van der Waals surface area contributed by atoms with Gasteiger partial charge in [-0.1, -0.05) is 26.8 Å². The van der Waals surface area contributed by atoms with Crippen LogP contribution in [0.3, 0.4) is 0 Å². The first-order valence-corrected chi connectivity index (χ1v) is 7.47. The molecule has 124 valence electrons. The fraction of sp³-hybridized carbons (Fsp3) is 0.562. The number of rotatable bonds is 5. The molecule has 0 fully saturated rings. The third-order valence-electron chi connectivity index (χ3n) is 3.52. The minimum Gasteiger partial charge on any atom is -0.486 e. The highest BCUT2D eigenvalue weighted by Gasteiger charge is 2.23. The fourth-order valence-corrected chi connectivity index (χ4v) is 2.15. The van der Waals surface area contributed by atoms with Crippen LogP contribution in [-0.4, -0.2) is 32.3 Å². The molecule has 1 aliphatic heterocycles. The van der Waals surface area contributed by atoms with Crippen LogP contribution in [0.4, 0.5) is 0 Å². The molecule has 0 saturated carbocycles. The number of ether oxygens (including phenoxy) is 2. The number of nitrogens with one attached hydrogen (secondary N) is 1. The van der Waals surface area contributed by atoms with E-state index < -0.39 is 0 Å². The second-order valence-electron chi connectivity index (χ2n) is 5.87. The Morgan fingerprint density at radius 3 is 2.64 bits per heavy atom. The first-order valence-electron chi connectivity index (χ1n) is 7.47. The van der Waals surface area contributed by atoms with Gasteiger partial charge in [-0.2, -0.15) is 0 Å². The van der Waals surface area contributed by atoms with Crippen molar-refractivity contribution in [1.29, 1.82) is 0 Å². The second kappa shape index (κ2) is 8.45. The number of halogens is 1. The van der Waals surface area contributed by atoms with Crippen molar-refractivity contribution in [3.05, 3.63) is 23.8 Å². The Morgan fingerprint density at radius 2 is 1.95 bits per heavy atom. The maximum Gasteiger partial charge on any atom is 0.188 e. The third kappa shape index (κ3) is 4.93. The van der Waals surface area contributed by atoms with E-state index in [1.165, 1.54) is 5.56 Å². The van der Waals surface area contributed by atoms with Gasteiger partial charge in [-0.15, -0.1) is 24.0 Å². The molecule has 3 N–H and O–H groups in total. The zero-order valence-electron chi connectivity index (χ0n) is 13.5. The summed E-state index contributed by atoms with van der Waals surface area (Å²) < 4.78 is 11.2. The molecule has 0 saturated heterocycles. The lowest BCUT2D eigenvalue weighted by atomic mass is 9.84. The summed E-state index contributed by atoms with van der Waals surface area (Å²) in [5.41, 5.74) is 6.90. The lowest BCUT2D eigenvalue weighted by Gasteiger charge is -2.26. The molecule has 22 heavy (non-hydrogen) atoms. The van der Waals surface area contributed by atoms with Crippen molar-refractivity contribution in [1.82, 2.24) is 5.32 Å². The Kier molecular flexibility index (Phi) is 7.25. The number of benzene rings is 1. The normalized spacial score (nSPS) is 14.2. The van der Waals surface area contributed by atoms with Gasteiger partial charge >= 0.3 is 0 Å². The lowest BCUT2D eigenvalue weighted by molar-refractivity contribution is 0.171. The van der Waals surface area contributed by atoms with Crippen molar-refractivity contribution in [2.45, 2.75) is 32.6 Å². The SMILES string of the molecule is CCCNC(N)=NCC(C)(C)c1ccc2c(c1)OCCO2.I. The second-order valence-corrected chi connectivity index (χ2v) is 5.87.